The molecule has 1 atom stereocenters. The zero-order chi connectivity index (χ0) is 11.4. The molecule has 0 aliphatic carbocycles. The Balaban J connectivity index is 1.94. The number of morpholine rings is 1. The first-order valence-electron chi connectivity index (χ1n) is 5.43. The predicted octanol–water partition coefficient (Wildman–Crippen LogP) is 0.894. The van der Waals surface area contributed by atoms with Crippen LogP contribution in [0.15, 0.2) is 18.2 Å². The van der Waals surface area contributed by atoms with Crippen LogP contribution in [0.5, 0.6) is 0 Å². The molecule has 0 aromatic carbocycles. The summed E-state index contributed by atoms with van der Waals surface area (Å²) in [6.07, 6.45) is 0.146. The maximum atomic E-state index is 5.84. The lowest BCUT2D eigenvalue weighted by molar-refractivity contribution is -0.0264. The Kier molecular flexibility index (Phi) is 4.12. The van der Waals surface area contributed by atoms with Crippen LogP contribution in [0.25, 0.3) is 0 Å². The molecule has 0 bridgehead atoms. The summed E-state index contributed by atoms with van der Waals surface area (Å²) in [5, 5.41) is 0.543. The van der Waals surface area contributed by atoms with Crippen molar-refractivity contribution in [1.82, 2.24) is 9.88 Å². The highest BCUT2D eigenvalue weighted by Gasteiger charge is 2.19. The molecule has 1 saturated heterocycles. The van der Waals surface area contributed by atoms with Crippen molar-refractivity contribution in [2.75, 3.05) is 26.2 Å². The number of nitrogens with zero attached hydrogens (tertiary/aromatic N) is 2. The molecule has 2 rings (SSSR count). The minimum atomic E-state index is 0.146. The number of aromatic nitrogens is 1. The second-order valence-corrected chi connectivity index (χ2v) is 4.30. The minimum Gasteiger partial charge on any atom is -0.374 e. The van der Waals surface area contributed by atoms with Crippen molar-refractivity contribution >= 4 is 11.6 Å². The Labute approximate surface area is 100 Å². The Hall–Kier alpha value is -0.680. The molecule has 1 aromatic heterocycles. The number of halogens is 1. The van der Waals surface area contributed by atoms with Gasteiger partial charge in [-0.25, -0.2) is 4.98 Å². The molecule has 2 heterocycles. The van der Waals surface area contributed by atoms with Crippen molar-refractivity contribution in [3.63, 3.8) is 0 Å². The van der Waals surface area contributed by atoms with Gasteiger partial charge in [-0.2, -0.15) is 0 Å². The van der Waals surface area contributed by atoms with E-state index in [2.05, 4.69) is 9.88 Å². The quantitative estimate of drug-likeness (QED) is 0.799. The van der Waals surface area contributed by atoms with Crippen molar-refractivity contribution in [3.05, 3.63) is 29.0 Å². The monoisotopic (exact) mass is 241 g/mol. The Morgan fingerprint density at radius 1 is 1.56 bits per heavy atom. The molecule has 1 aromatic rings. The van der Waals surface area contributed by atoms with Crippen LogP contribution in [-0.2, 0) is 11.3 Å². The highest BCUT2D eigenvalue weighted by molar-refractivity contribution is 6.29. The summed E-state index contributed by atoms with van der Waals surface area (Å²) in [7, 11) is 0. The molecule has 1 aliphatic rings. The summed E-state index contributed by atoms with van der Waals surface area (Å²) >= 11 is 5.84. The van der Waals surface area contributed by atoms with Gasteiger partial charge in [0.1, 0.15) is 5.15 Å². The Morgan fingerprint density at radius 3 is 3.19 bits per heavy atom. The first kappa shape index (κ1) is 11.8. The highest BCUT2D eigenvalue weighted by Crippen LogP contribution is 2.10. The van der Waals surface area contributed by atoms with E-state index >= 15 is 0 Å². The number of hydrogen-bond donors (Lipinski definition) is 1. The zero-order valence-corrected chi connectivity index (χ0v) is 9.86. The van der Waals surface area contributed by atoms with Gasteiger partial charge in [0.25, 0.3) is 0 Å². The van der Waals surface area contributed by atoms with Crippen LogP contribution >= 0.6 is 11.6 Å². The molecule has 2 N–H and O–H groups in total. The summed E-state index contributed by atoms with van der Waals surface area (Å²) in [5.41, 5.74) is 6.59. The first-order chi connectivity index (χ1) is 7.78. The van der Waals surface area contributed by atoms with E-state index < -0.39 is 0 Å². The van der Waals surface area contributed by atoms with Crippen LogP contribution in [0.4, 0.5) is 0 Å². The molecule has 1 unspecified atom stereocenters. The molecule has 88 valence electrons. The van der Waals surface area contributed by atoms with Crippen LogP contribution < -0.4 is 5.73 Å². The highest BCUT2D eigenvalue weighted by atomic mass is 35.5. The molecule has 0 saturated carbocycles. The lowest BCUT2D eigenvalue weighted by Crippen LogP contribution is -2.45. The maximum absolute atomic E-state index is 5.84. The average Bonchev–Trinajstić information content (AvgIpc) is 2.29. The van der Waals surface area contributed by atoms with Gasteiger partial charge in [-0.15, -0.1) is 0 Å². The van der Waals surface area contributed by atoms with Crippen LogP contribution in [0.1, 0.15) is 5.69 Å². The lowest BCUT2D eigenvalue weighted by atomic mass is 10.2. The van der Waals surface area contributed by atoms with Crippen molar-refractivity contribution in [1.29, 1.82) is 0 Å². The number of ether oxygens (including phenoxy) is 1. The summed E-state index contributed by atoms with van der Waals surface area (Å²) in [6, 6.07) is 5.69. The number of hydrogen-bond acceptors (Lipinski definition) is 4. The van der Waals surface area contributed by atoms with E-state index in [1.54, 1.807) is 6.07 Å². The molecule has 5 heteroatoms. The molecule has 0 radical (unpaired) electrons. The Morgan fingerprint density at radius 2 is 2.44 bits per heavy atom. The van der Waals surface area contributed by atoms with Gasteiger partial charge in [-0.05, 0) is 12.1 Å². The first-order valence-corrected chi connectivity index (χ1v) is 5.81. The number of nitrogens with two attached hydrogens (primary N) is 1. The van der Waals surface area contributed by atoms with E-state index in [4.69, 9.17) is 22.1 Å². The van der Waals surface area contributed by atoms with Gasteiger partial charge in [0.05, 0.1) is 18.4 Å². The molecule has 0 spiro atoms. The van der Waals surface area contributed by atoms with Crippen molar-refractivity contribution < 1.29 is 4.74 Å². The van der Waals surface area contributed by atoms with Crippen LogP contribution in [0, 0.1) is 0 Å². The standard InChI is InChI=1S/C11H16ClN3O/c12-11-3-1-2-9(14-11)7-15-4-5-16-10(6-13)8-15/h1-3,10H,4-8,13H2. The van der Waals surface area contributed by atoms with Crippen LogP contribution in [-0.4, -0.2) is 42.2 Å². The number of pyridine rings is 1. The molecule has 0 amide bonds. The van der Waals surface area contributed by atoms with Gasteiger partial charge < -0.3 is 10.5 Å². The van der Waals surface area contributed by atoms with E-state index in [0.29, 0.717) is 11.7 Å². The molecular formula is C11H16ClN3O. The lowest BCUT2D eigenvalue weighted by Gasteiger charge is -2.31. The fourth-order valence-corrected chi connectivity index (χ4v) is 2.02. The van der Waals surface area contributed by atoms with Gasteiger partial charge in [-0.1, -0.05) is 17.7 Å². The topological polar surface area (TPSA) is 51.4 Å². The third-order valence-electron chi connectivity index (χ3n) is 2.64. The van der Waals surface area contributed by atoms with E-state index in [0.717, 1.165) is 31.9 Å². The summed E-state index contributed by atoms with van der Waals surface area (Å²) in [6.45, 7) is 3.90. The molecule has 1 aliphatic heterocycles. The van der Waals surface area contributed by atoms with Crippen molar-refractivity contribution in [3.8, 4) is 0 Å². The second kappa shape index (κ2) is 5.59. The Bertz CT molecular complexity index is 348. The molecular weight excluding hydrogens is 226 g/mol. The second-order valence-electron chi connectivity index (χ2n) is 3.92. The van der Waals surface area contributed by atoms with Crippen molar-refractivity contribution in [2.45, 2.75) is 12.6 Å². The van der Waals surface area contributed by atoms with Gasteiger partial charge >= 0.3 is 0 Å². The number of rotatable bonds is 3. The smallest absolute Gasteiger partial charge is 0.129 e. The van der Waals surface area contributed by atoms with Gasteiger partial charge in [-0.3, -0.25) is 4.90 Å². The average molecular weight is 242 g/mol. The predicted molar refractivity (Wildman–Crippen MR) is 63.3 cm³/mol. The van der Waals surface area contributed by atoms with Gasteiger partial charge in [0.2, 0.25) is 0 Å². The van der Waals surface area contributed by atoms with E-state index in [1.807, 2.05) is 12.1 Å². The van der Waals surface area contributed by atoms with Crippen molar-refractivity contribution in [2.24, 2.45) is 5.73 Å². The third-order valence-corrected chi connectivity index (χ3v) is 2.85. The largest absolute Gasteiger partial charge is 0.374 e. The molecule has 1 fully saturated rings. The summed E-state index contributed by atoms with van der Waals surface area (Å²) in [4.78, 5) is 6.56. The fourth-order valence-electron chi connectivity index (χ4n) is 1.83. The zero-order valence-electron chi connectivity index (χ0n) is 9.10. The van der Waals surface area contributed by atoms with E-state index in [9.17, 15) is 0 Å². The maximum Gasteiger partial charge on any atom is 0.129 e. The van der Waals surface area contributed by atoms with E-state index in [-0.39, 0.29) is 6.10 Å². The normalized spacial score (nSPS) is 22.2. The van der Waals surface area contributed by atoms with Gasteiger partial charge in [0.15, 0.2) is 0 Å². The fraction of sp³-hybridized carbons (Fsp3) is 0.545. The van der Waals surface area contributed by atoms with Gasteiger partial charge in [0, 0.05) is 26.2 Å². The SMILES string of the molecule is NCC1CN(Cc2cccc(Cl)n2)CCO1. The summed E-state index contributed by atoms with van der Waals surface area (Å²) in [5.74, 6) is 0. The molecule has 16 heavy (non-hydrogen) atoms. The van der Waals surface area contributed by atoms with Crippen LogP contribution in [0.2, 0.25) is 5.15 Å². The third kappa shape index (κ3) is 3.15. The van der Waals surface area contributed by atoms with Crippen LogP contribution in [0.3, 0.4) is 0 Å². The minimum absolute atomic E-state index is 0.146. The summed E-state index contributed by atoms with van der Waals surface area (Å²) < 4.78 is 5.51. The van der Waals surface area contributed by atoms with E-state index in [1.165, 1.54) is 0 Å². The molecule has 4 nitrogen and oxygen atoms in total.